The molecule has 0 aliphatic rings. The first kappa shape index (κ1) is 29.7. The molecule has 216 valence electrons. The third kappa shape index (κ3) is 7.69. The van der Waals surface area contributed by atoms with E-state index in [1.165, 1.54) is 17.2 Å². The highest BCUT2D eigenvalue weighted by Gasteiger charge is 2.21. The molecule has 1 heterocycles. The minimum absolute atomic E-state index is 0.0611. The average molecular weight is 586 g/mol. The summed E-state index contributed by atoms with van der Waals surface area (Å²) >= 11 is 0. The summed E-state index contributed by atoms with van der Waals surface area (Å²) in [5, 5.41) is 0.0611. The van der Waals surface area contributed by atoms with E-state index in [9.17, 15) is 26.8 Å². The Kier molecular flexibility index (Phi) is 9.38. The van der Waals surface area contributed by atoms with Crippen LogP contribution in [0.4, 0.5) is 8.78 Å². The maximum Gasteiger partial charge on any atom is 0.325 e. The number of furan rings is 1. The van der Waals surface area contributed by atoms with E-state index in [4.69, 9.17) is 13.9 Å². The maximum atomic E-state index is 14.1. The number of sulfone groups is 1. The number of benzene rings is 3. The number of esters is 1. The zero-order valence-corrected chi connectivity index (χ0v) is 23.4. The van der Waals surface area contributed by atoms with E-state index in [-0.39, 0.29) is 49.4 Å². The normalized spacial score (nSPS) is 11.4. The number of hydrogen-bond donors (Lipinski definition) is 0. The van der Waals surface area contributed by atoms with Gasteiger partial charge in [0.05, 0.1) is 24.0 Å². The molecule has 0 N–H and O–H groups in total. The topological polar surface area (TPSA) is 103 Å². The minimum Gasteiger partial charge on any atom is -0.489 e. The first-order chi connectivity index (χ1) is 19.6. The summed E-state index contributed by atoms with van der Waals surface area (Å²) in [4.78, 5) is 26.6. The zero-order chi connectivity index (χ0) is 29.6. The molecular formula is C30H29F2NO7S. The predicted molar refractivity (Wildman–Crippen MR) is 149 cm³/mol. The Bertz CT molecular complexity index is 1650. The summed E-state index contributed by atoms with van der Waals surface area (Å²) in [5.74, 6) is -2.56. The second-order valence-corrected chi connectivity index (χ2v) is 11.7. The van der Waals surface area contributed by atoms with Gasteiger partial charge in [-0.3, -0.25) is 9.59 Å². The van der Waals surface area contributed by atoms with Crippen LogP contribution in [0.2, 0.25) is 0 Å². The number of fused-ring (bicyclic) bond motifs is 1. The van der Waals surface area contributed by atoms with Crippen molar-refractivity contribution in [1.29, 1.82) is 0 Å². The largest absolute Gasteiger partial charge is 0.489 e. The van der Waals surface area contributed by atoms with Crippen LogP contribution in [0.25, 0.3) is 22.1 Å². The van der Waals surface area contributed by atoms with Crippen LogP contribution < -0.4 is 4.74 Å². The van der Waals surface area contributed by atoms with Crippen LogP contribution in [0.1, 0.15) is 29.3 Å². The van der Waals surface area contributed by atoms with Gasteiger partial charge in [0, 0.05) is 23.9 Å². The molecule has 11 heteroatoms. The van der Waals surface area contributed by atoms with Gasteiger partial charge in [-0.1, -0.05) is 24.3 Å². The summed E-state index contributed by atoms with van der Waals surface area (Å²) in [6.45, 7) is 1.71. The molecule has 4 aromatic rings. The molecule has 1 aromatic heterocycles. The van der Waals surface area contributed by atoms with E-state index in [0.717, 1.165) is 12.3 Å². The van der Waals surface area contributed by atoms with E-state index in [1.54, 1.807) is 55.5 Å². The second-order valence-electron chi connectivity index (χ2n) is 9.41. The van der Waals surface area contributed by atoms with Crippen LogP contribution >= 0.6 is 0 Å². The number of halogens is 2. The molecule has 0 fully saturated rings. The third-order valence-electron chi connectivity index (χ3n) is 6.23. The van der Waals surface area contributed by atoms with Crippen molar-refractivity contribution in [1.82, 2.24) is 4.90 Å². The molecule has 1 amide bonds. The highest BCUT2D eigenvalue weighted by atomic mass is 32.2. The minimum atomic E-state index is -3.23. The third-order valence-corrected chi connectivity index (χ3v) is 7.26. The van der Waals surface area contributed by atoms with Crippen LogP contribution in [0.15, 0.2) is 71.3 Å². The number of hydrogen-bond acceptors (Lipinski definition) is 7. The van der Waals surface area contributed by atoms with Crippen LogP contribution in [-0.2, 0) is 26.0 Å². The van der Waals surface area contributed by atoms with Gasteiger partial charge >= 0.3 is 5.97 Å². The lowest BCUT2D eigenvalue weighted by molar-refractivity contribution is -0.143. The van der Waals surface area contributed by atoms with Crippen LogP contribution in [0, 0.1) is 11.6 Å². The van der Waals surface area contributed by atoms with Crippen molar-refractivity contribution in [3.63, 3.8) is 0 Å². The summed E-state index contributed by atoms with van der Waals surface area (Å²) in [7, 11) is -3.23. The predicted octanol–water partition coefficient (Wildman–Crippen LogP) is 5.40. The van der Waals surface area contributed by atoms with Gasteiger partial charge in [-0.05, 0) is 60.9 Å². The molecule has 0 saturated heterocycles. The number of carbonyl (C=O) groups excluding carboxylic acids is 2. The molecule has 0 saturated carbocycles. The highest BCUT2D eigenvalue weighted by Crippen LogP contribution is 2.33. The van der Waals surface area contributed by atoms with Crippen molar-refractivity contribution < 1.29 is 40.7 Å². The Morgan fingerprint density at radius 1 is 1.02 bits per heavy atom. The fourth-order valence-corrected chi connectivity index (χ4v) is 4.95. The summed E-state index contributed by atoms with van der Waals surface area (Å²) < 4.78 is 67.4. The number of nitrogens with zero attached hydrogens (tertiary/aromatic N) is 1. The van der Waals surface area contributed by atoms with Gasteiger partial charge in [-0.2, -0.15) is 0 Å². The highest BCUT2D eigenvalue weighted by molar-refractivity contribution is 7.90. The van der Waals surface area contributed by atoms with Crippen molar-refractivity contribution in [3.05, 3.63) is 89.7 Å². The Balaban J connectivity index is 1.44. The lowest BCUT2D eigenvalue weighted by Crippen LogP contribution is -2.38. The van der Waals surface area contributed by atoms with E-state index >= 15 is 0 Å². The van der Waals surface area contributed by atoms with Crippen LogP contribution in [0.3, 0.4) is 0 Å². The van der Waals surface area contributed by atoms with Gasteiger partial charge in [-0.15, -0.1) is 0 Å². The van der Waals surface area contributed by atoms with Gasteiger partial charge < -0.3 is 18.8 Å². The van der Waals surface area contributed by atoms with Crippen molar-refractivity contribution in [3.8, 4) is 16.9 Å². The molecule has 0 spiro atoms. The van der Waals surface area contributed by atoms with Crippen molar-refractivity contribution in [2.24, 2.45) is 0 Å². The molecule has 4 rings (SSSR count). The van der Waals surface area contributed by atoms with Gasteiger partial charge in [0.2, 0.25) is 0 Å². The molecule has 0 atom stereocenters. The molecule has 0 unspecified atom stereocenters. The van der Waals surface area contributed by atoms with Crippen molar-refractivity contribution >= 4 is 32.7 Å². The number of ether oxygens (including phenoxy) is 2. The Hall–Kier alpha value is -4.25. The molecular weight excluding hydrogens is 556 g/mol. The van der Waals surface area contributed by atoms with E-state index in [2.05, 4.69) is 0 Å². The Labute approximate surface area is 236 Å². The Morgan fingerprint density at radius 2 is 1.78 bits per heavy atom. The average Bonchev–Trinajstić information content (AvgIpc) is 3.43. The van der Waals surface area contributed by atoms with Gasteiger partial charge in [0.25, 0.3) is 5.91 Å². The van der Waals surface area contributed by atoms with E-state index < -0.39 is 33.3 Å². The van der Waals surface area contributed by atoms with Crippen molar-refractivity contribution in [2.75, 3.05) is 31.7 Å². The molecule has 0 bridgehead atoms. The standard InChI is InChI=1S/C30H29F2NO7S/c1-3-38-27(34)18-33(13-5-15-41(2,36)37)30(35)22-7-4-6-20(16-22)19-40-23-10-8-21(9-11-23)25-17-26(31)28(32)24-12-14-39-29(24)25/h4,6-12,14,16-17H,3,5,13,15,18-19H2,1-2H3. The molecule has 41 heavy (non-hydrogen) atoms. The maximum absolute atomic E-state index is 14.1. The summed E-state index contributed by atoms with van der Waals surface area (Å²) in [6.07, 6.45) is 2.60. The van der Waals surface area contributed by atoms with Crippen LogP contribution in [-0.4, -0.2) is 56.9 Å². The first-order valence-corrected chi connectivity index (χ1v) is 14.9. The van der Waals surface area contributed by atoms with E-state index in [0.29, 0.717) is 28.0 Å². The van der Waals surface area contributed by atoms with Crippen LogP contribution in [0.5, 0.6) is 5.75 Å². The quantitative estimate of drug-likeness (QED) is 0.205. The van der Waals surface area contributed by atoms with E-state index in [1.807, 2.05) is 0 Å². The summed E-state index contributed by atoms with van der Waals surface area (Å²) in [6, 6.07) is 15.9. The summed E-state index contributed by atoms with van der Waals surface area (Å²) in [5.41, 5.74) is 2.26. The molecule has 3 aromatic carbocycles. The number of carbonyl (C=O) groups is 2. The lowest BCUT2D eigenvalue weighted by Gasteiger charge is -2.22. The van der Waals surface area contributed by atoms with Gasteiger partial charge in [0.1, 0.15) is 34.3 Å². The zero-order valence-electron chi connectivity index (χ0n) is 22.6. The SMILES string of the molecule is CCOC(=O)CN(CCCS(C)(=O)=O)C(=O)c1cccc(COc2ccc(-c3cc(F)c(F)c4ccoc34)cc2)c1. The Morgan fingerprint density at radius 3 is 2.49 bits per heavy atom. The lowest BCUT2D eigenvalue weighted by atomic mass is 10.0. The fraction of sp³-hybridized carbons (Fsp3) is 0.267. The van der Waals surface area contributed by atoms with Crippen molar-refractivity contribution in [2.45, 2.75) is 20.0 Å². The monoisotopic (exact) mass is 585 g/mol. The number of amides is 1. The molecule has 0 aliphatic heterocycles. The van der Waals surface area contributed by atoms with Gasteiger partial charge in [-0.25, -0.2) is 17.2 Å². The fourth-order valence-electron chi connectivity index (χ4n) is 4.30. The number of rotatable bonds is 12. The molecule has 0 radical (unpaired) electrons. The smallest absolute Gasteiger partial charge is 0.325 e. The van der Waals surface area contributed by atoms with Gasteiger partial charge in [0.15, 0.2) is 11.6 Å². The second kappa shape index (κ2) is 12.9. The first-order valence-electron chi connectivity index (χ1n) is 12.9. The molecule has 8 nitrogen and oxygen atoms in total. The molecule has 0 aliphatic carbocycles.